The summed E-state index contributed by atoms with van der Waals surface area (Å²) in [6, 6.07) is -0.634. The third-order valence-corrected chi connectivity index (χ3v) is 4.20. The molecule has 0 amide bonds. The molecule has 2 aliphatic carbocycles. The maximum Gasteiger partial charge on any atom is 0.321 e. The van der Waals surface area contributed by atoms with Gasteiger partial charge in [0, 0.05) is 0 Å². The molecule has 3 N–H and O–H groups in total. The Kier molecular flexibility index (Phi) is 2.52. The van der Waals surface area contributed by atoms with Gasteiger partial charge in [-0.15, -0.1) is 0 Å². The molecule has 0 aromatic heterocycles. The summed E-state index contributed by atoms with van der Waals surface area (Å²) in [4.78, 5) is 11.0. The predicted molar refractivity (Wildman–Crippen MR) is 53.9 cm³/mol. The van der Waals surface area contributed by atoms with Crippen LogP contribution in [0.1, 0.15) is 44.9 Å². The minimum Gasteiger partial charge on any atom is -0.480 e. The van der Waals surface area contributed by atoms with Gasteiger partial charge in [-0.3, -0.25) is 4.79 Å². The van der Waals surface area contributed by atoms with Gasteiger partial charge in [0.15, 0.2) is 0 Å². The van der Waals surface area contributed by atoms with Gasteiger partial charge >= 0.3 is 5.97 Å². The predicted octanol–water partition coefficient (Wildman–Crippen LogP) is 1.76. The molecule has 0 radical (unpaired) electrons. The van der Waals surface area contributed by atoms with Crippen LogP contribution in [0.4, 0.5) is 0 Å². The normalized spacial score (nSPS) is 39.1. The summed E-state index contributed by atoms with van der Waals surface area (Å²) in [5.41, 5.74) is 5.77. The van der Waals surface area contributed by atoms with Gasteiger partial charge in [-0.05, 0) is 30.6 Å². The van der Waals surface area contributed by atoms with Crippen molar-refractivity contribution in [2.45, 2.75) is 51.0 Å². The van der Waals surface area contributed by atoms with Crippen molar-refractivity contribution in [3.05, 3.63) is 0 Å². The number of aliphatic carboxylic acids is 1. The Balaban J connectivity index is 2.15. The van der Waals surface area contributed by atoms with Crippen molar-refractivity contribution in [2.24, 2.45) is 17.1 Å². The maximum absolute atomic E-state index is 11.0. The highest BCUT2D eigenvalue weighted by Crippen LogP contribution is 2.50. The molecule has 0 heterocycles. The van der Waals surface area contributed by atoms with E-state index in [-0.39, 0.29) is 5.41 Å². The van der Waals surface area contributed by atoms with E-state index in [9.17, 15) is 4.79 Å². The van der Waals surface area contributed by atoms with E-state index in [4.69, 9.17) is 10.8 Å². The lowest BCUT2D eigenvalue weighted by atomic mass is 9.59. The maximum atomic E-state index is 11.0. The van der Waals surface area contributed by atoms with Crippen molar-refractivity contribution in [1.82, 2.24) is 0 Å². The molecule has 1 unspecified atom stereocenters. The van der Waals surface area contributed by atoms with Gasteiger partial charge in [0.2, 0.25) is 0 Å². The summed E-state index contributed by atoms with van der Waals surface area (Å²) in [5.74, 6) is -0.0598. The van der Waals surface area contributed by atoms with Crippen molar-refractivity contribution in [1.29, 1.82) is 0 Å². The van der Waals surface area contributed by atoms with Crippen LogP contribution in [-0.2, 0) is 4.79 Å². The van der Waals surface area contributed by atoms with Crippen molar-refractivity contribution in [2.75, 3.05) is 0 Å². The third kappa shape index (κ3) is 1.54. The van der Waals surface area contributed by atoms with Crippen LogP contribution in [0.5, 0.6) is 0 Å². The summed E-state index contributed by atoms with van der Waals surface area (Å²) in [6.07, 6.45) is 8.02. The molecular formula is C11H19NO2. The second kappa shape index (κ2) is 3.54. The molecule has 2 saturated carbocycles. The zero-order valence-electron chi connectivity index (χ0n) is 8.54. The molecule has 2 bridgehead atoms. The van der Waals surface area contributed by atoms with E-state index in [0.29, 0.717) is 0 Å². The summed E-state index contributed by atoms with van der Waals surface area (Å²) in [5, 5.41) is 9.02. The minimum absolute atomic E-state index is 0.0625. The Morgan fingerprint density at radius 2 is 1.93 bits per heavy atom. The van der Waals surface area contributed by atoms with Gasteiger partial charge in [0.05, 0.1) is 0 Å². The van der Waals surface area contributed by atoms with E-state index in [1.807, 2.05) is 0 Å². The highest BCUT2D eigenvalue weighted by atomic mass is 16.4. The number of nitrogens with two attached hydrogens (primary N) is 1. The first-order chi connectivity index (χ1) is 6.64. The quantitative estimate of drug-likeness (QED) is 0.709. The number of hydrogen-bond donors (Lipinski definition) is 2. The number of rotatable bonds is 2. The van der Waals surface area contributed by atoms with Crippen LogP contribution in [0.15, 0.2) is 0 Å². The van der Waals surface area contributed by atoms with E-state index < -0.39 is 12.0 Å². The van der Waals surface area contributed by atoms with Gasteiger partial charge in [-0.2, -0.15) is 0 Å². The van der Waals surface area contributed by atoms with Crippen LogP contribution in [0, 0.1) is 11.3 Å². The van der Waals surface area contributed by atoms with Crippen LogP contribution in [0.25, 0.3) is 0 Å². The second-order valence-corrected chi connectivity index (χ2v) is 5.03. The molecule has 1 atom stereocenters. The molecule has 80 valence electrons. The molecule has 14 heavy (non-hydrogen) atoms. The van der Waals surface area contributed by atoms with E-state index in [1.165, 1.54) is 25.7 Å². The standard InChI is InChI=1S/C11H19NO2/c12-9(10(13)14)11-5-1-3-8(7-11)4-2-6-11/h8-9H,1-7,12H2,(H,13,14). The van der Waals surface area contributed by atoms with Crippen molar-refractivity contribution < 1.29 is 9.90 Å². The van der Waals surface area contributed by atoms with Crippen LogP contribution in [0.3, 0.4) is 0 Å². The Morgan fingerprint density at radius 3 is 2.43 bits per heavy atom. The monoisotopic (exact) mass is 197 g/mol. The molecule has 2 rings (SSSR count). The van der Waals surface area contributed by atoms with E-state index >= 15 is 0 Å². The SMILES string of the molecule is NC(C(=O)O)C12CCCC(CCC1)C2. The molecule has 0 aromatic carbocycles. The Labute approximate surface area is 84.7 Å². The van der Waals surface area contributed by atoms with Gasteiger partial charge < -0.3 is 10.8 Å². The van der Waals surface area contributed by atoms with Crippen LogP contribution < -0.4 is 5.73 Å². The molecule has 0 saturated heterocycles. The number of carboxylic acids is 1. The molecule has 2 aliphatic rings. The van der Waals surface area contributed by atoms with E-state index in [0.717, 1.165) is 25.2 Å². The first kappa shape index (κ1) is 9.97. The summed E-state index contributed by atoms with van der Waals surface area (Å²) in [6.45, 7) is 0. The van der Waals surface area contributed by atoms with E-state index in [2.05, 4.69) is 0 Å². The molecular weight excluding hydrogens is 178 g/mol. The van der Waals surface area contributed by atoms with Crippen LogP contribution in [0.2, 0.25) is 0 Å². The lowest BCUT2D eigenvalue weighted by molar-refractivity contribution is -0.144. The smallest absolute Gasteiger partial charge is 0.321 e. The van der Waals surface area contributed by atoms with Crippen molar-refractivity contribution >= 4 is 5.97 Å². The number of carboxylic acid groups (broad SMARTS) is 1. The lowest BCUT2D eigenvalue weighted by Gasteiger charge is -2.47. The highest BCUT2D eigenvalue weighted by molar-refractivity contribution is 5.74. The van der Waals surface area contributed by atoms with Gasteiger partial charge in [0.1, 0.15) is 6.04 Å². The minimum atomic E-state index is -0.812. The Morgan fingerprint density at radius 1 is 1.36 bits per heavy atom. The largest absolute Gasteiger partial charge is 0.480 e. The van der Waals surface area contributed by atoms with E-state index in [1.54, 1.807) is 0 Å². The van der Waals surface area contributed by atoms with Gasteiger partial charge in [0.25, 0.3) is 0 Å². The summed E-state index contributed by atoms with van der Waals surface area (Å²) in [7, 11) is 0. The first-order valence-electron chi connectivity index (χ1n) is 5.62. The van der Waals surface area contributed by atoms with Crippen molar-refractivity contribution in [3.8, 4) is 0 Å². The lowest BCUT2D eigenvalue weighted by Crippen LogP contribution is -2.51. The summed E-state index contributed by atoms with van der Waals surface area (Å²) >= 11 is 0. The molecule has 3 heteroatoms. The Bertz CT molecular complexity index is 229. The average Bonchev–Trinajstić information content (AvgIpc) is 2.16. The Hall–Kier alpha value is -0.570. The van der Waals surface area contributed by atoms with Crippen molar-refractivity contribution in [3.63, 3.8) is 0 Å². The number of hydrogen-bond acceptors (Lipinski definition) is 2. The average molecular weight is 197 g/mol. The molecule has 0 aromatic rings. The molecule has 2 fully saturated rings. The van der Waals surface area contributed by atoms with Crippen LogP contribution in [-0.4, -0.2) is 17.1 Å². The molecule has 3 nitrogen and oxygen atoms in total. The molecule has 0 aliphatic heterocycles. The fourth-order valence-corrected chi connectivity index (χ4v) is 3.44. The number of fused-ring (bicyclic) bond motifs is 2. The van der Waals surface area contributed by atoms with Crippen LogP contribution >= 0.6 is 0 Å². The fourth-order valence-electron chi connectivity index (χ4n) is 3.44. The zero-order chi connectivity index (χ0) is 10.2. The number of carbonyl (C=O) groups is 1. The second-order valence-electron chi connectivity index (χ2n) is 5.03. The fraction of sp³-hybridized carbons (Fsp3) is 0.909. The van der Waals surface area contributed by atoms with Gasteiger partial charge in [-0.25, -0.2) is 0 Å². The first-order valence-corrected chi connectivity index (χ1v) is 5.62. The van der Waals surface area contributed by atoms with Gasteiger partial charge in [-0.1, -0.05) is 25.7 Å². The summed E-state index contributed by atoms with van der Waals surface area (Å²) < 4.78 is 0. The highest BCUT2D eigenvalue weighted by Gasteiger charge is 2.46. The third-order valence-electron chi connectivity index (χ3n) is 4.20. The zero-order valence-corrected chi connectivity index (χ0v) is 8.54. The topological polar surface area (TPSA) is 63.3 Å². The molecule has 0 spiro atoms.